The van der Waals surface area contributed by atoms with Crippen molar-refractivity contribution in [2.45, 2.75) is 45.7 Å². The number of H-pyrrole nitrogens is 1. The lowest BCUT2D eigenvalue weighted by Gasteiger charge is -2.29. The van der Waals surface area contributed by atoms with Gasteiger partial charge in [0.15, 0.2) is 11.6 Å². The number of halogens is 2. The number of benzene rings is 1. The second kappa shape index (κ2) is 7.50. The minimum Gasteiger partial charge on any atom is -0.327 e. The quantitative estimate of drug-likeness (QED) is 0.776. The number of hydrogen-bond acceptors (Lipinski definition) is 2. The van der Waals surface area contributed by atoms with E-state index in [0.29, 0.717) is 17.7 Å². The number of aryl methyl sites for hydroxylation is 2. The second-order valence-corrected chi connectivity index (χ2v) is 7.10. The van der Waals surface area contributed by atoms with Gasteiger partial charge in [0, 0.05) is 17.8 Å². The number of aromatic nitrogens is 2. The highest BCUT2D eigenvalue weighted by Gasteiger charge is 2.34. The Hall–Kier alpha value is -2.70. The summed E-state index contributed by atoms with van der Waals surface area (Å²) in [6.07, 6.45) is 1.75. The van der Waals surface area contributed by atoms with Crippen LogP contribution in [0.5, 0.6) is 0 Å². The van der Waals surface area contributed by atoms with Crippen molar-refractivity contribution in [2.75, 3.05) is 6.54 Å². The zero-order valence-corrected chi connectivity index (χ0v) is 15.8. The van der Waals surface area contributed by atoms with Crippen LogP contribution in [0.2, 0.25) is 0 Å². The molecule has 0 saturated carbocycles. The highest BCUT2D eigenvalue weighted by atomic mass is 19.2. The first-order valence-corrected chi connectivity index (χ1v) is 8.98. The van der Waals surface area contributed by atoms with E-state index in [4.69, 9.17) is 0 Å². The SMILES string of the molecule is C=C(C)C(NC(=O)N1CCCC1c1c(C)n[nH]c1C)c1ccc(F)c(F)c1. The van der Waals surface area contributed by atoms with E-state index >= 15 is 0 Å². The molecule has 1 saturated heterocycles. The molecule has 1 aromatic heterocycles. The number of rotatable bonds is 4. The van der Waals surface area contributed by atoms with Gasteiger partial charge >= 0.3 is 6.03 Å². The molecule has 1 fully saturated rings. The van der Waals surface area contributed by atoms with Crippen molar-refractivity contribution in [3.05, 3.63) is 64.5 Å². The largest absolute Gasteiger partial charge is 0.327 e. The normalized spacial score (nSPS) is 17.8. The molecule has 2 amide bonds. The molecule has 2 heterocycles. The number of urea groups is 1. The predicted molar refractivity (Wildman–Crippen MR) is 99.2 cm³/mol. The van der Waals surface area contributed by atoms with E-state index in [-0.39, 0.29) is 12.1 Å². The van der Waals surface area contributed by atoms with Crippen molar-refractivity contribution < 1.29 is 13.6 Å². The molecular weight excluding hydrogens is 350 g/mol. The predicted octanol–water partition coefficient (Wildman–Crippen LogP) is 4.47. The smallest absolute Gasteiger partial charge is 0.318 e. The number of carbonyl (C=O) groups excluding carboxylic acids is 1. The summed E-state index contributed by atoms with van der Waals surface area (Å²) in [4.78, 5) is 14.8. The molecule has 0 radical (unpaired) electrons. The lowest BCUT2D eigenvalue weighted by atomic mass is 10.0. The van der Waals surface area contributed by atoms with Gasteiger partial charge in [0.1, 0.15) is 0 Å². The molecule has 1 aromatic carbocycles. The summed E-state index contributed by atoms with van der Waals surface area (Å²) in [5, 5.41) is 10.1. The van der Waals surface area contributed by atoms with E-state index < -0.39 is 17.7 Å². The van der Waals surface area contributed by atoms with Crippen LogP contribution in [-0.2, 0) is 0 Å². The maximum Gasteiger partial charge on any atom is 0.318 e. The van der Waals surface area contributed by atoms with Gasteiger partial charge in [-0.2, -0.15) is 5.10 Å². The Morgan fingerprint density at radius 3 is 2.70 bits per heavy atom. The maximum atomic E-state index is 13.6. The number of likely N-dealkylation sites (tertiary alicyclic amines) is 1. The average Bonchev–Trinajstić information content (AvgIpc) is 3.21. The number of nitrogens with one attached hydrogen (secondary N) is 2. The van der Waals surface area contributed by atoms with Gasteiger partial charge in [-0.1, -0.05) is 18.2 Å². The Balaban J connectivity index is 1.83. The van der Waals surface area contributed by atoms with Crippen LogP contribution in [0.1, 0.15) is 54.4 Å². The van der Waals surface area contributed by atoms with Crippen LogP contribution >= 0.6 is 0 Å². The van der Waals surface area contributed by atoms with Crippen molar-refractivity contribution in [2.24, 2.45) is 0 Å². The number of nitrogens with zero attached hydrogens (tertiary/aromatic N) is 2. The molecule has 2 atom stereocenters. The molecule has 7 heteroatoms. The summed E-state index contributed by atoms with van der Waals surface area (Å²) in [5.41, 5.74) is 3.98. The summed E-state index contributed by atoms with van der Waals surface area (Å²) in [7, 11) is 0. The molecule has 0 bridgehead atoms. The van der Waals surface area contributed by atoms with Gasteiger partial charge in [0.2, 0.25) is 0 Å². The lowest BCUT2D eigenvalue weighted by Crippen LogP contribution is -2.41. The van der Waals surface area contributed by atoms with Crippen LogP contribution < -0.4 is 5.32 Å². The van der Waals surface area contributed by atoms with Crippen LogP contribution in [0.15, 0.2) is 30.4 Å². The third-order valence-electron chi connectivity index (χ3n) is 5.07. The maximum absolute atomic E-state index is 13.6. The standard InChI is InChI=1S/C20H24F2N4O/c1-11(2)19(14-7-8-15(21)16(22)10-14)23-20(27)26-9-5-6-17(26)18-12(3)24-25-13(18)4/h7-8,10,17,19H,1,5-6,9H2,2-4H3,(H,23,27)(H,24,25). The Morgan fingerprint density at radius 1 is 1.37 bits per heavy atom. The van der Waals surface area contributed by atoms with Crippen molar-refractivity contribution >= 4 is 6.03 Å². The number of carbonyl (C=O) groups is 1. The molecule has 2 unspecified atom stereocenters. The summed E-state index contributed by atoms with van der Waals surface area (Å²) >= 11 is 0. The molecule has 2 N–H and O–H groups in total. The molecule has 5 nitrogen and oxygen atoms in total. The monoisotopic (exact) mass is 374 g/mol. The molecular formula is C20H24F2N4O. The molecule has 27 heavy (non-hydrogen) atoms. The highest BCUT2D eigenvalue weighted by Crippen LogP contribution is 2.35. The van der Waals surface area contributed by atoms with E-state index in [1.165, 1.54) is 6.07 Å². The van der Waals surface area contributed by atoms with E-state index in [0.717, 1.165) is 41.9 Å². The Kier molecular flexibility index (Phi) is 5.30. The summed E-state index contributed by atoms with van der Waals surface area (Å²) in [6, 6.07) is 2.71. The van der Waals surface area contributed by atoms with Crippen LogP contribution in [0.3, 0.4) is 0 Å². The molecule has 0 spiro atoms. The molecule has 1 aliphatic rings. The van der Waals surface area contributed by atoms with Gasteiger partial charge in [0.05, 0.1) is 17.8 Å². The fraction of sp³-hybridized carbons (Fsp3) is 0.400. The Labute approximate surface area is 157 Å². The molecule has 144 valence electrons. The fourth-order valence-corrected chi connectivity index (χ4v) is 3.75. The summed E-state index contributed by atoms with van der Waals surface area (Å²) in [5.74, 6) is -1.87. The van der Waals surface area contributed by atoms with E-state index in [2.05, 4.69) is 22.1 Å². The molecule has 3 rings (SSSR count). The van der Waals surface area contributed by atoms with Crippen molar-refractivity contribution in [3.63, 3.8) is 0 Å². The number of amides is 2. The minimum atomic E-state index is -0.948. The van der Waals surface area contributed by atoms with Gasteiger partial charge in [-0.3, -0.25) is 5.10 Å². The van der Waals surface area contributed by atoms with Crippen molar-refractivity contribution in [1.82, 2.24) is 20.4 Å². The summed E-state index contributed by atoms with van der Waals surface area (Å²) < 4.78 is 26.9. The van der Waals surface area contributed by atoms with Crippen molar-refractivity contribution in [3.8, 4) is 0 Å². The molecule has 1 aliphatic heterocycles. The second-order valence-electron chi connectivity index (χ2n) is 7.10. The Bertz CT molecular complexity index is 857. The van der Waals surface area contributed by atoms with Gasteiger partial charge in [0.25, 0.3) is 0 Å². The third kappa shape index (κ3) is 3.72. The first-order chi connectivity index (χ1) is 12.8. The number of aromatic amines is 1. The topological polar surface area (TPSA) is 61.0 Å². The highest BCUT2D eigenvalue weighted by molar-refractivity contribution is 5.76. The molecule has 0 aliphatic carbocycles. The van der Waals surface area contributed by atoms with Crippen LogP contribution in [-0.4, -0.2) is 27.7 Å². The van der Waals surface area contributed by atoms with Crippen molar-refractivity contribution in [1.29, 1.82) is 0 Å². The van der Waals surface area contributed by atoms with E-state index in [1.54, 1.807) is 11.8 Å². The number of hydrogen-bond donors (Lipinski definition) is 2. The fourth-order valence-electron chi connectivity index (χ4n) is 3.75. The van der Waals surface area contributed by atoms with Gasteiger partial charge < -0.3 is 10.2 Å². The molecule has 2 aromatic rings. The first-order valence-electron chi connectivity index (χ1n) is 8.98. The van der Waals surface area contributed by atoms with E-state index in [9.17, 15) is 13.6 Å². The van der Waals surface area contributed by atoms with Crippen LogP contribution in [0, 0.1) is 25.5 Å². The summed E-state index contributed by atoms with van der Waals surface area (Å²) in [6.45, 7) is 10.1. The van der Waals surface area contributed by atoms with Crippen LogP contribution in [0.4, 0.5) is 13.6 Å². The zero-order valence-electron chi connectivity index (χ0n) is 15.8. The zero-order chi connectivity index (χ0) is 19.7. The lowest BCUT2D eigenvalue weighted by molar-refractivity contribution is 0.190. The van der Waals surface area contributed by atoms with E-state index in [1.807, 2.05) is 13.8 Å². The van der Waals surface area contributed by atoms with Gasteiger partial charge in [-0.05, 0) is 51.3 Å². The average molecular weight is 374 g/mol. The Morgan fingerprint density at radius 2 is 2.11 bits per heavy atom. The third-order valence-corrected chi connectivity index (χ3v) is 5.07. The van der Waals surface area contributed by atoms with Crippen LogP contribution in [0.25, 0.3) is 0 Å². The van der Waals surface area contributed by atoms with Gasteiger partial charge in [-0.25, -0.2) is 13.6 Å². The minimum absolute atomic E-state index is 0.0560. The van der Waals surface area contributed by atoms with Gasteiger partial charge in [-0.15, -0.1) is 0 Å². The first kappa shape index (κ1) is 19.1.